The van der Waals surface area contributed by atoms with Crippen LogP contribution in [0.25, 0.3) is 0 Å². The fraction of sp³-hybridized carbons (Fsp3) is 0.290. The Labute approximate surface area is 237 Å². The third-order valence-corrected chi connectivity index (χ3v) is 6.82. The third kappa shape index (κ3) is 6.41. The number of nitrogens with one attached hydrogen (secondary N) is 1. The molecule has 0 unspecified atom stereocenters. The van der Waals surface area contributed by atoms with Crippen LogP contribution in [0.15, 0.2) is 94.6 Å². The second-order valence-electron chi connectivity index (χ2n) is 9.37. The van der Waals surface area contributed by atoms with E-state index in [1.807, 2.05) is 78.9 Å². The lowest BCUT2D eigenvalue weighted by atomic mass is 9.80. The van der Waals surface area contributed by atoms with Crippen molar-refractivity contribution < 1.29 is 29.2 Å². The largest absolute Gasteiger partial charge is 0.497 e. The van der Waals surface area contributed by atoms with Gasteiger partial charge < -0.3 is 29.2 Å². The van der Waals surface area contributed by atoms with E-state index in [4.69, 9.17) is 18.9 Å². The quantitative estimate of drug-likeness (QED) is 0.212. The number of methoxy groups -OCH3 is 2. The van der Waals surface area contributed by atoms with Gasteiger partial charge in [0.05, 0.1) is 34.0 Å². The Hall–Kier alpha value is -4.22. The molecule has 0 aliphatic carbocycles. The van der Waals surface area contributed by atoms with E-state index in [-0.39, 0.29) is 12.2 Å². The Kier molecular flexibility index (Phi) is 9.74. The number of benzene rings is 3. The molecule has 0 saturated heterocycles. The number of aliphatic hydroxyl groups is 2. The molecule has 2 atom stereocenters. The maximum atomic E-state index is 12.4. The summed E-state index contributed by atoms with van der Waals surface area (Å²) < 4.78 is 24.5. The number of rotatable bonds is 13. The summed E-state index contributed by atoms with van der Waals surface area (Å²) in [6.07, 6.45) is -0.821. The maximum absolute atomic E-state index is 12.4. The first-order valence-corrected chi connectivity index (χ1v) is 13.0. The number of aromatic nitrogens is 2. The van der Waals surface area contributed by atoms with Crippen LogP contribution in [0, 0.1) is 6.92 Å². The molecule has 1 aromatic heterocycles. The SMILES string of the molecule is COc1ccc(C(OC[C@H](CO)O[C@H](CO)n2cc(C)c(=O)[nH]c2=O)(c2ccccc2)c2ccc(OC)cc2)cc1. The second kappa shape index (κ2) is 13.4. The highest BCUT2D eigenvalue weighted by Gasteiger charge is 2.39. The number of hydrogen-bond acceptors (Lipinski definition) is 8. The topological polar surface area (TPSA) is 132 Å². The summed E-state index contributed by atoms with van der Waals surface area (Å²) >= 11 is 0. The molecule has 3 N–H and O–H groups in total. The van der Waals surface area contributed by atoms with E-state index in [1.165, 1.54) is 13.1 Å². The summed E-state index contributed by atoms with van der Waals surface area (Å²) in [5, 5.41) is 20.3. The van der Waals surface area contributed by atoms with Crippen LogP contribution in [-0.4, -0.2) is 59.9 Å². The summed E-state index contributed by atoms with van der Waals surface area (Å²) in [6.45, 7) is 0.358. The minimum absolute atomic E-state index is 0.128. The molecule has 0 bridgehead atoms. The van der Waals surface area contributed by atoms with Crippen LogP contribution in [0.2, 0.25) is 0 Å². The maximum Gasteiger partial charge on any atom is 0.330 e. The van der Waals surface area contributed by atoms with Crippen LogP contribution >= 0.6 is 0 Å². The molecule has 10 heteroatoms. The van der Waals surface area contributed by atoms with Gasteiger partial charge in [0, 0.05) is 11.8 Å². The van der Waals surface area contributed by atoms with Crippen molar-refractivity contribution in [3.8, 4) is 11.5 Å². The monoisotopic (exact) mass is 562 g/mol. The lowest BCUT2D eigenvalue weighted by Crippen LogP contribution is -2.40. The van der Waals surface area contributed by atoms with Gasteiger partial charge in [-0.2, -0.15) is 0 Å². The Balaban J connectivity index is 1.76. The van der Waals surface area contributed by atoms with Crippen molar-refractivity contribution in [2.45, 2.75) is 24.9 Å². The Morgan fingerprint density at radius 3 is 1.83 bits per heavy atom. The fourth-order valence-electron chi connectivity index (χ4n) is 4.65. The predicted molar refractivity (Wildman–Crippen MR) is 152 cm³/mol. The molecule has 0 saturated carbocycles. The minimum Gasteiger partial charge on any atom is -0.497 e. The number of aliphatic hydroxyl groups excluding tert-OH is 2. The number of nitrogens with zero attached hydrogens (tertiary/aromatic N) is 1. The molecule has 3 aromatic carbocycles. The molecule has 0 aliphatic heterocycles. The van der Waals surface area contributed by atoms with E-state index in [0.717, 1.165) is 21.3 Å². The van der Waals surface area contributed by atoms with Crippen molar-refractivity contribution in [2.24, 2.45) is 0 Å². The average molecular weight is 563 g/mol. The number of aromatic amines is 1. The zero-order chi connectivity index (χ0) is 29.4. The Morgan fingerprint density at radius 2 is 1.34 bits per heavy atom. The summed E-state index contributed by atoms with van der Waals surface area (Å²) in [4.78, 5) is 26.5. The van der Waals surface area contributed by atoms with Crippen molar-refractivity contribution in [3.63, 3.8) is 0 Å². The van der Waals surface area contributed by atoms with Crippen molar-refractivity contribution >= 4 is 0 Å². The minimum atomic E-state index is -1.17. The molecular formula is C31H34N2O8. The summed E-state index contributed by atoms with van der Waals surface area (Å²) in [6, 6.07) is 24.6. The van der Waals surface area contributed by atoms with Crippen LogP contribution in [0.3, 0.4) is 0 Å². The zero-order valence-electron chi connectivity index (χ0n) is 23.2. The second-order valence-corrected chi connectivity index (χ2v) is 9.37. The fourth-order valence-corrected chi connectivity index (χ4v) is 4.65. The van der Waals surface area contributed by atoms with Crippen molar-refractivity contribution in [2.75, 3.05) is 34.0 Å². The highest BCUT2D eigenvalue weighted by Crippen LogP contribution is 2.42. The van der Waals surface area contributed by atoms with Gasteiger partial charge in [0.1, 0.15) is 23.2 Å². The van der Waals surface area contributed by atoms with Crippen molar-refractivity contribution in [1.82, 2.24) is 9.55 Å². The lowest BCUT2D eigenvalue weighted by molar-refractivity contribution is -0.139. The van der Waals surface area contributed by atoms with Crippen LogP contribution in [0.4, 0.5) is 0 Å². The van der Waals surface area contributed by atoms with Crippen LogP contribution < -0.4 is 20.7 Å². The van der Waals surface area contributed by atoms with Gasteiger partial charge in [-0.1, -0.05) is 54.6 Å². The van der Waals surface area contributed by atoms with E-state index < -0.39 is 42.4 Å². The van der Waals surface area contributed by atoms with E-state index in [2.05, 4.69) is 4.98 Å². The first kappa shape index (κ1) is 29.8. The molecule has 1 heterocycles. The van der Waals surface area contributed by atoms with Gasteiger partial charge >= 0.3 is 5.69 Å². The average Bonchev–Trinajstić information content (AvgIpc) is 3.02. The lowest BCUT2D eigenvalue weighted by Gasteiger charge is -2.37. The Bertz CT molecular complexity index is 1470. The van der Waals surface area contributed by atoms with Gasteiger partial charge in [-0.05, 0) is 47.9 Å². The smallest absolute Gasteiger partial charge is 0.330 e. The predicted octanol–water partition coefficient (Wildman–Crippen LogP) is 2.74. The number of ether oxygens (including phenoxy) is 4. The molecule has 0 fully saturated rings. The summed E-state index contributed by atoms with van der Waals surface area (Å²) in [5.74, 6) is 1.35. The molecule has 41 heavy (non-hydrogen) atoms. The normalized spacial score (nSPS) is 13.0. The molecule has 4 aromatic rings. The highest BCUT2D eigenvalue weighted by atomic mass is 16.6. The number of aryl methyl sites for hydroxylation is 1. The molecule has 0 aliphatic rings. The van der Waals surface area contributed by atoms with Crippen molar-refractivity contribution in [1.29, 1.82) is 0 Å². The first-order chi connectivity index (χ1) is 19.9. The molecule has 4 rings (SSSR count). The van der Waals surface area contributed by atoms with Gasteiger partial charge in [-0.25, -0.2) is 4.79 Å². The van der Waals surface area contributed by atoms with Gasteiger partial charge in [0.15, 0.2) is 6.23 Å². The third-order valence-electron chi connectivity index (χ3n) is 6.82. The van der Waals surface area contributed by atoms with E-state index >= 15 is 0 Å². The van der Waals surface area contributed by atoms with E-state index in [0.29, 0.717) is 11.5 Å². The van der Waals surface area contributed by atoms with Crippen LogP contribution in [0.1, 0.15) is 28.5 Å². The summed E-state index contributed by atoms with van der Waals surface area (Å²) in [7, 11) is 3.19. The standard InChI is InChI=1S/C31H34N2O8/c1-21-17-33(30(37)32-29(21)36)28(19-35)41-27(18-34)20-40-31(22-7-5-4-6-8-22,23-9-13-25(38-2)14-10-23)24-11-15-26(39-3)16-12-24/h4-17,27-28,34-35H,18-20H2,1-3H3,(H,32,36,37)/t27-,28+/m0/s1. The molecular weight excluding hydrogens is 528 g/mol. The molecule has 0 radical (unpaired) electrons. The van der Waals surface area contributed by atoms with Crippen LogP contribution in [-0.2, 0) is 15.1 Å². The molecule has 10 nitrogen and oxygen atoms in total. The highest BCUT2D eigenvalue weighted by molar-refractivity contribution is 5.49. The Morgan fingerprint density at radius 1 is 0.805 bits per heavy atom. The summed E-state index contributed by atoms with van der Waals surface area (Å²) in [5.41, 5.74) is 0.235. The van der Waals surface area contributed by atoms with Crippen molar-refractivity contribution in [3.05, 3.63) is 128 Å². The zero-order valence-corrected chi connectivity index (χ0v) is 23.2. The molecule has 0 amide bonds. The first-order valence-electron chi connectivity index (χ1n) is 13.0. The van der Waals surface area contributed by atoms with Gasteiger partial charge in [0.2, 0.25) is 0 Å². The molecule has 216 valence electrons. The van der Waals surface area contributed by atoms with Gasteiger partial charge in [-0.15, -0.1) is 0 Å². The van der Waals surface area contributed by atoms with Gasteiger partial charge in [-0.3, -0.25) is 14.3 Å². The van der Waals surface area contributed by atoms with E-state index in [1.54, 1.807) is 14.2 Å². The number of hydrogen-bond donors (Lipinski definition) is 3. The van der Waals surface area contributed by atoms with Gasteiger partial charge in [0.25, 0.3) is 5.56 Å². The van der Waals surface area contributed by atoms with Crippen LogP contribution in [0.5, 0.6) is 11.5 Å². The molecule has 0 spiro atoms. The number of H-pyrrole nitrogens is 1. The van der Waals surface area contributed by atoms with E-state index in [9.17, 15) is 19.8 Å².